The van der Waals surface area contributed by atoms with Gasteiger partial charge in [-0.05, 0) is 49.0 Å². The number of carbonyl (C=O) groups is 1. The Kier molecular flexibility index (Phi) is 5.75. The minimum absolute atomic E-state index is 0.0537. The van der Waals surface area contributed by atoms with Gasteiger partial charge in [0.2, 0.25) is 0 Å². The lowest BCUT2D eigenvalue weighted by Crippen LogP contribution is -2.48. The van der Waals surface area contributed by atoms with Gasteiger partial charge in [0.15, 0.2) is 0 Å². The Morgan fingerprint density at radius 3 is 3.00 bits per heavy atom. The number of nitrogens with one attached hydrogen (secondary N) is 2. The van der Waals surface area contributed by atoms with Crippen molar-refractivity contribution >= 4 is 29.0 Å². The molecule has 0 aliphatic carbocycles. The Morgan fingerprint density at radius 1 is 1.35 bits per heavy atom. The maximum absolute atomic E-state index is 12.7. The zero-order valence-electron chi connectivity index (χ0n) is 13.2. The van der Waals surface area contributed by atoms with Crippen LogP contribution in [-0.2, 0) is 5.75 Å². The molecule has 1 aromatic heterocycles. The van der Waals surface area contributed by atoms with E-state index in [0.29, 0.717) is 5.92 Å². The number of thioether (sulfide) groups is 1. The van der Waals surface area contributed by atoms with E-state index in [1.165, 1.54) is 4.88 Å². The van der Waals surface area contributed by atoms with Gasteiger partial charge in [0, 0.05) is 21.6 Å². The minimum atomic E-state index is 0.0537. The van der Waals surface area contributed by atoms with E-state index in [-0.39, 0.29) is 11.9 Å². The highest BCUT2D eigenvalue weighted by Gasteiger charge is 2.23. The van der Waals surface area contributed by atoms with Crippen LogP contribution >= 0.6 is 23.1 Å². The molecule has 3 nitrogen and oxygen atoms in total. The molecule has 3 rings (SSSR count). The van der Waals surface area contributed by atoms with Crippen molar-refractivity contribution in [3.8, 4) is 0 Å². The summed E-state index contributed by atoms with van der Waals surface area (Å²) in [6, 6.07) is 12.4. The van der Waals surface area contributed by atoms with E-state index in [4.69, 9.17) is 0 Å². The van der Waals surface area contributed by atoms with Crippen LogP contribution in [0.2, 0.25) is 0 Å². The lowest BCUT2D eigenvalue weighted by Gasteiger charge is -2.30. The average molecular weight is 347 g/mol. The molecule has 2 heterocycles. The van der Waals surface area contributed by atoms with Gasteiger partial charge in [-0.25, -0.2) is 0 Å². The van der Waals surface area contributed by atoms with Crippen molar-refractivity contribution in [2.45, 2.75) is 30.0 Å². The topological polar surface area (TPSA) is 41.1 Å². The molecule has 2 unspecified atom stereocenters. The molecule has 2 N–H and O–H groups in total. The maximum atomic E-state index is 12.7. The summed E-state index contributed by atoms with van der Waals surface area (Å²) in [5, 5.41) is 8.69. The van der Waals surface area contributed by atoms with E-state index in [0.717, 1.165) is 35.7 Å². The average Bonchev–Trinajstić information content (AvgIpc) is 3.09. The van der Waals surface area contributed by atoms with Gasteiger partial charge in [-0.3, -0.25) is 4.79 Å². The molecule has 0 radical (unpaired) electrons. The summed E-state index contributed by atoms with van der Waals surface area (Å²) in [7, 11) is 0. The van der Waals surface area contributed by atoms with E-state index >= 15 is 0 Å². The van der Waals surface area contributed by atoms with Gasteiger partial charge in [-0.15, -0.1) is 23.1 Å². The van der Waals surface area contributed by atoms with Crippen LogP contribution in [0.1, 0.15) is 28.6 Å². The normalized spacial score (nSPS) is 21.1. The molecule has 5 heteroatoms. The summed E-state index contributed by atoms with van der Waals surface area (Å²) in [6.07, 6.45) is 0.997. The molecular weight excluding hydrogens is 324 g/mol. The van der Waals surface area contributed by atoms with Crippen molar-refractivity contribution in [3.63, 3.8) is 0 Å². The van der Waals surface area contributed by atoms with Crippen molar-refractivity contribution in [1.82, 2.24) is 10.6 Å². The van der Waals surface area contributed by atoms with Crippen LogP contribution in [0.25, 0.3) is 0 Å². The molecule has 23 heavy (non-hydrogen) atoms. The van der Waals surface area contributed by atoms with Crippen LogP contribution in [0, 0.1) is 5.92 Å². The van der Waals surface area contributed by atoms with E-state index in [9.17, 15) is 4.79 Å². The van der Waals surface area contributed by atoms with Crippen LogP contribution in [0.3, 0.4) is 0 Å². The molecule has 2 atom stereocenters. The quantitative estimate of drug-likeness (QED) is 0.810. The first-order valence-electron chi connectivity index (χ1n) is 8.00. The van der Waals surface area contributed by atoms with Crippen molar-refractivity contribution in [1.29, 1.82) is 0 Å². The van der Waals surface area contributed by atoms with Crippen molar-refractivity contribution < 1.29 is 4.79 Å². The fourth-order valence-corrected chi connectivity index (χ4v) is 4.62. The zero-order valence-corrected chi connectivity index (χ0v) is 14.9. The molecule has 122 valence electrons. The van der Waals surface area contributed by atoms with E-state index in [1.807, 2.05) is 24.3 Å². The molecule has 1 aromatic carbocycles. The highest BCUT2D eigenvalue weighted by molar-refractivity contribution is 7.98. The molecule has 1 aliphatic rings. The van der Waals surface area contributed by atoms with E-state index in [1.54, 1.807) is 23.1 Å². The van der Waals surface area contributed by atoms with Gasteiger partial charge in [-0.2, -0.15) is 0 Å². The molecule has 0 saturated carbocycles. The Balaban J connectivity index is 1.67. The maximum Gasteiger partial charge on any atom is 0.252 e. The number of hydrogen-bond donors (Lipinski definition) is 2. The van der Waals surface area contributed by atoms with Gasteiger partial charge in [0.1, 0.15) is 0 Å². The summed E-state index contributed by atoms with van der Waals surface area (Å²) < 4.78 is 0. The van der Waals surface area contributed by atoms with Crippen LogP contribution in [0.5, 0.6) is 0 Å². The number of piperidine rings is 1. The lowest BCUT2D eigenvalue weighted by molar-refractivity contribution is 0.0911. The zero-order chi connectivity index (χ0) is 16.1. The van der Waals surface area contributed by atoms with Gasteiger partial charge in [-0.1, -0.05) is 25.1 Å². The third kappa shape index (κ3) is 4.37. The third-order valence-electron chi connectivity index (χ3n) is 4.18. The number of benzene rings is 1. The number of rotatable bonds is 5. The molecule has 0 bridgehead atoms. The first kappa shape index (κ1) is 16.6. The summed E-state index contributed by atoms with van der Waals surface area (Å²) >= 11 is 3.49. The first-order valence-corrected chi connectivity index (χ1v) is 9.86. The molecule has 0 spiro atoms. The lowest BCUT2D eigenvalue weighted by atomic mass is 9.95. The minimum Gasteiger partial charge on any atom is -0.349 e. The predicted octanol–water partition coefficient (Wildman–Crippen LogP) is 3.77. The molecule has 1 fully saturated rings. The van der Waals surface area contributed by atoms with Crippen molar-refractivity contribution in [2.24, 2.45) is 5.92 Å². The monoisotopic (exact) mass is 346 g/mol. The second-order valence-electron chi connectivity index (χ2n) is 5.91. The Morgan fingerprint density at radius 2 is 2.22 bits per heavy atom. The standard InChI is InChI=1S/C18H22N2OS2/c1-13-11-19-9-8-16(13)20-18(21)15-6-2-3-7-17(15)23-12-14-5-4-10-22-14/h2-7,10,13,16,19H,8-9,11-12H2,1H3,(H,20,21). The number of hydrogen-bond acceptors (Lipinski definition) is 4. The number of amides is 1. The second-order valence-corrected chi connectivity index (χ2v) is 7.96. The van der Waals surface area contributed by atoms with E-state index < -0.39 is 0 Å². The highest BCUT2D eigenvalue weighted by Crippen LogP contribution is 2.28. The van der Waals surface area contributed by atoms with Gasteiger partial charge < -0.3 is 10.6 Å². The Hall–Kier alpha value is -1.30. The van der Waals surface area contributed by atoms with Crippen LogP contribution < -0.4 is 10.6 Å². The summed E-state index contributed by atoms with van der Waals surface area (Å²) in [5.74, 6) is 1.43. The first-order chi connectivity index (χ1) is 11.2. The highest BCUT2D eigenvalue weighted by atomic mass is 32.2. The number of carbonyl (C=O) groups excluding carboxylic acids is 1. The van der Waals surface area contributed by atoms with Crippen molar-refractivity contribution in [2.75, 3.05) is 13.1 Å². The summed E-state index contributed by atoms with van der Waals surface area (Å²) in [6.45, 7) is 4.14. The molecule has 1 saturated heterocycles. The Labute approximate surface area is 145 Å². The molecular formula is C18H22N2OS2. The van der Waals surface area contributed by atoms with Gasteiger partial charge >= 0.3 is 0 Å². The summed E-state index contributed by atoms with van der Waals surface area (Å²) in [5.41, 5.74) is 0.791. The summed E-state index contributed by atoms with van der Waals surface area (Å²) in [4.78, 5) is 15.1. The smallest absolute Gasteiger partial charge is 0.252 e. The molecule has 1 aliphatic heterocycles. The fraction of sp³-hybridized carbons (Fsp3) is 0.389. The predicted molar refractivity (Wildman–Crippen MR) is 98.2 cm³/mol. The van der Waals surface area contributed by atoms with Crippen LogP contribution in [0.15, 0.2) is 46.7 Å². The SMILES string of the molecule is CC1CNCCC1NC(=O)c1ccccc1SCc1cccs1. The number of thiophene rings is 1. The fourth-order valence-electron chi connectivity index (χ4n) is 2.80. The van der Waals surface area contributed by atoms with Crippen molar-refractivity contribution in [3.05, 3.63) is 52.2 Å². The van der Waals surface area contributed by atoms with Crippen LogP contribution in [-0.4, -0.2) is 25.0 Å². The third-order valence-corrected chi connectivity index (χ3v) is 6.36. The molecule has 2 aromatic rings. The Bertz CT molecular complexity index is 642. The van der Waals surface area contributed by atoms with Gasteiger partial charge in [0.25, 0.3) is 5.91 Å². The largest absolute Gasteiger partial charge is 0.349 e. The van der Waals surface area contributed by atoms with Crippen LogP contribution in [0.4, 0.5) is 0 Å². The second kappa shape index (κ2) is 7.99. The van der Waals surface area contributed by atoms with Gasteiger partial charge in [0.05, 0.1) is 5.56 Å². The van der Waals surface area contributed by atoms with E-state index in [2.05, 4.69) is 35.1 Å². The molecule has 1 amide bonds.